The summed E-state index contributed by atoms with van der Waals surface area (Å²) in [7, 11) is 3.67. The average molecular weight is 322 g/mol. The lowest BCUT2D eigenvalue weighted by Gasteiger charge is -2.53. The van der Waals surface area contributed by atoms with Crippen LogP contribution in [0, 0.1) is 11.2 Å². The normalized spacial score (nSPS) is 29.3. The lowest BCUT2D eigenvalue weighted by atomic mass is 9.69. The number of rotatable bonds is 4. The molecule has 1 aromatic rings. The molecule has 2 saturated heterocycles. The first-order valence-corrected chi connectivity index (χ1v) is 8.44. The highest BCUT2D eigenvalue weighted by Gasteiger charge is 2.46. The second-order valence-electron chi connectivity index (χ2n) is 7.04. The molecule has 1 N–H and O–H groups in total. The van der Waals surface area contributed by atoms with Crippen LogP contribution in [-0.4, -0.2) is 61.3 Å². The molecule has 2 atom stereocenters. The molecular formula is C18H27FN2O2. The molecule has 0 radical (unpaired) electrons. The van der Waals surface area contributed by atoms with Gasteiger partial charge in [0, 0.05) is 30.1 Å². The van der Waals surface area contributed by atoms with E-state index >= 15 is 0 Å². The van der Waals surface area contributed by atoms with E-state index in [-0.39, 0.29) is 17.8 Å². The lowest BCUT2D eigenvalue weighted by Crippen LogP contribution is -2.61. The topological polar surface area (TPSA) is 35.9 Å². The van der Waals surface area contributed by atoms with Gasteiger partial charge in [-0.15, -0.1) is 0 Å². The smallest absolute Gasteiger partial charge is 0.165 e. The fraction of sp³-hybridized carbons (Fsp3) is 0.667. The Kier molecular flexibility index (Phi) is 4.90. The molecule has 5 heteroatoms. The summed E-state index contributed by atoms with van der Waals surface area (Å²) in [5.41, 5.74) is 0.928. The van der Waals surface area contributed by atoms with E-state index in [4.69, 9.17) is 4.74 Å². The van der Waals surface area contributed by atoms with Crippen molar-refractivity contribution in [3.8, 4) is 5.75 Å². The Morgan fingerprint density at radius 3 is 2.91 bits per heavy atom. The second-order valence-corrected chi connectivity index (χ2v) is 7.04. The third-order valence-electron chi connectivity index (χ3n) is 5.74. The van der Waals surface area contributed by atoms with Crippen LogP contribution in [0.5, 0.6) is 5.75 Å². The molecular weight excluding hydrogens is 295 g/mol. The molecule has 0 unspecified atom stereocenters. The highest BCUT2D eigenvalue weighted by atomic mass is 19.1. The number of fused-ring (bicyclic) bond motifs is 1. The SMILES string of the molecule is COc1c(F)cccc1CN1CC[C@@]2(CO)CCCN(C)[C@@H]2C1. The molecule has 0 aromatic heterocycles. The van der Waals surface area contributed by atoms with Crippen LogP contribution < -0.4 is 4.74 Å². The number of aliphatic hydroxyl groups is 1. The van der Waals surface area contributed by atoms with Crippen molar-refractivity contribution in [3.63, 3.8) is 0 Å². The monoisotopic (exact) mass is 322 g/mol. The van der Waals surface area contributed by atoms with Crippen molar-refractivity contribution in [2.45, 2.75) is 31.8 Å². The number of likely N-dealkylation sites (tertiary alicyclic amines) is 2. The summed E-state index contributed by atoms with van der Waals surface area (Å²) in [6, 6.07) is 5.47. The van der Waals surface area contributed by atoms with Crippen molar-refractivity contribution in [1.82, 2.24) is 9.80 Å². The highest BCUT2D eigenvalue weighted by Crippen LogP contribution is 2.42. The van der Waals surface area contributed by atoms with Gasteiger partial charge in [-0.2, -0.15) is 0 Å². The summed E-state index contributed by atoms with van der Waals surface area (Å²) in [5, 5.41) is 9.97. The lowest BCUT2D eigenvalue weighted by molar-refractivity contribution is -0.0685. The zero-order valence-corrected chi connectivity index (χ0v) is 14.1. The van der Waals surface area contributed by atoms with Gasteiger partial charge in [-0.3, -0.25) is 4.90 Å². The number of ether oxygens (including phenoxy) is 1. The summed E-state index contributed by atoms with van der Waals surface area (Å²) in [6.07, 6.45) is 3.26. The van der Waals surface area contributed by atoms with Gasteiger partial charge in [-0.25, -0.2) is 4.39 Å². The predicted molar refractivity (Wildman–Crippen MR) is 88.0 cm³/mol. The number of methoxy groups -OCH3 is 1. The van der Waals surface area contributed by atoms with Gasteiger partial charge in [0.1, 0.15) is 0 Å². The number of nitrogens with zero attached hydrogens (tertiary/aromatic N) is 2. The third kappa shape index (κ3) is 3.10. The van der Waals surface area contributed by atoms with E-state index in [1.54, 1.807) is 6.07 Å². The minimum Gasteiger partial charge on any atom is -0.493 e. The van der Waals surface area contributed by atoms with E-state index in [2.05, 4.69) is 16.8 Å². The van der Waals surface area contributed by atoms with E-state index in [9.17, 15) is 9.50 Å². The van der Waals surface area contributed by atoms with Crippen LogP contribution in [-0.2, 0) is 6.54 Å². The molecule has 2 aliphatic rings. The summed E-state index contributed by atoms with van der Waals surface area (Å²) < 4.78 is 19.1. The zero-order chi connectivity index (χ0) is 16.4. The number of aliphatic hydroxyl groups excluding tert-OH is 1. The number of halogens is 1. The van der Waals surface area contributed by atoms with E-state index < -0.39 is 0 Å². The van der Waals surface area contributed by atoms with E-state index in [1.807, 2.05) is 6.07 Å². The molecule has 23 heavy (non-hydrogen) atoms. The summed E-state index contributed by atoms with van der Waals surface area (Å²) in [4.78, 5) is 4.74. The minimum atomic E-state index is -0.304. The molecule has 4 nitrogen and oxygen atoms in total. The number of likely N-dealkylation sites (N-methyl/N-ethyl adjacent to an activating group) is 1. The Hall–Kier alpha value is -1.17. The van der Waals surface area contributed by atoms with Gasteiger partial charge in [0.15, 0.2) is 11.6 Å². The van der Waals surface area contributed by atoms with Gasteiger partial charge in [0.05, 0.1) is 13.7 Å². The molecule has 2 heterocycles. The van der Waals surface area contributed by atoms with Crippen molar-refractivity contribution in [3.05, 3.63) is 29.6 Å². The molecule has 128 valence electrons. The summed E-state index contributed by atoms with van der Waals surface area (Å²) in [5.74, 6) is 0.0463. The molecule has 0 saturated carbocycles. The maximum Gasteiger partial charge on any atom is 0.165 e. The number of benzene rings is 1. The largest absolute Gasteiger partial charge is 0.493 e. The van der Waals surface area contributed by atoms with E-state index in [1.165, 1.54) is 13.2 Å². The number of para-hydroxylation sites is 1. The van der Waals surface area contributed by atoms with Crippen LogP contribution in [0.25, 0.3) is 0 Å². The van der Waals surface area contributed by atoms with Crippen molar-refractivity contribution in [2.75, 3.05) is 40.4 Å². The summed E-state index contributed by atoms with van der Waals surface area (Å²) in [6.45, 7) is 3.89. The molecule has 0 spiro atoms. The van der Waals surface area contributed by atoms with Gasteiger partial charge in [0.2, 0.25) is 0 Å². The van der Waals surface area contributed by atoms with Gasteiger partial charge in [-0.1, -0.05) is 12.1 Å². The number of hydrogen-bond acceptors (Lipinski definition) is 4. The first-order chi connectivity index (χ1) is 11.1. The van der Waals surface area contributed by atoms with Gasteiger partial charge >= 0.3 is 0 Å². The Labute approximate surface area is 137 Å². The van der Waals surface area contributed by atoms with Crippen molar-refractivity contribution >= 4 is 0 Å². The Bertz CT molecular complexity index is 554. The second kappa shape index (κ2) is 6.75. The maximum absolute atomic E-state index is 13.9. The van der Waals surface area contributed by atoms with E-state index in [0.717, 1.165) is 44.5 Å². The van der Waals surface area contributed by atoms with Crippen molar-refractivity contribution < 1.29 is 14.2 Å². The third-order valence-corrected chi connectivity index (χ3v) is 5.74. The Balaban J connectivity index is 1.75. The van der Waals surface area contributed by atoms with Gasteiger partial charge in [-0.05, 0) is 45.5 Å². The molecule has 0 bridgehead atoms. The molecule has 2 aliphatic heterocycles. The maximum atomic E-state index is 13.9. The van der Waals surface area contributed by atoms with Crippen LogP contribution in [0.15, 0.2) is 18.2 Å². The van der Waals surface area contributed by atoms with Crippen LogP contribution in [0.4, 0.5) is 4.39 Å². The number of piperidine rings is 2. The molecule has 0 amide bonds. The molecule has 1 aromatic carbocycles. The standard InChI is InChI=1S/C18H27FN2O2/c1-20-9-4-7-18(13-22)8-10-21(12-16(18)20)11-14-5-3-6-15(19)17(14)23-2/h3,5-6,16,22H,4,7-13H2,1-2H3/t16-,18-/m1/s1. The minimum absolute atomic E-state index is 0.0372. The van der Waals surface area contributed by atoms with Crippen LogP contribution >= 0.6 is 0 Å². The zero-order valence-electron chi connectivity index (χ0n) is 14.1. The molecule has 0 aliphatic carbocycles. The van der Waals surface area contributed by atoms with Crippen LogP contribution in [0.2, 0.25) is 0 Å². The predicted octanol–water partition coefficient (Wildman–Crippen LogP) is 2.11. The van der Waals surface area contributed by atoms with Crippen LogP contribution in [0.3, 0.4) is 0 Å². The Morgan fingerprint density at radius 2 is 2.17 bits per heavy atom. The molecule has 2 fully saturated rings. The average Bonchev–Trinajstić information content (AvgIpc) is 2.56. The first kappa shape index (κ1) is 16.7. The van der Waals surface area contributed by atoms with Crippen molar-refractivity contribution in [1.29, 1.82) is 0 Å². The number of hydrogen-bond donors (Lipinski definition) is 1. The van der Waals surface area contributed by atoms with Gasteiger partial charge < -0.3 is 14.7 Å². The van der Waals surface area contributed by atoms with Crippen molar-refractivity contribution in [2.24, 2.45) is 5.41 Å². The molecule has 3 rings (SSSR count). The highest BCUT2D eigenvalue weighted by molar-refractivity contribution is 5.34. The van der Waals surface area contributed by atoms with E-state index in [0.29, 0.717) is 18.3 Å². The Morgan fingerprint density at radius 1 is 1.35 bits per heavy atom. The van der Waals surface area contributed by atoms with Crippen LogP contribution in [0.1, 0.15) is 24.8 Å². The fourth-order valence-electron chi connectivity index (χ4n) is 4.37. The van der Waals surface area contributed by atoms with Gasteiger partial charge in [0.25, 0.3) is 0 Å². The fourth-order valence-corrected chi connectivity index (χ4v) is 4.37. The quantitative estimate of drug-likeness (QED) is 0.921. The first-order valence-electron chi connectivity index (χ1n) is 8.44. The summed E-state index contributed by atoms with van der Waals surface area (Å²) >= 11 is 0.